The van der Waals surface area contributed by atoms with Gasteiger partial charge in [-0.1, -0.05) is 12.8 Å². The second-order valence-corrected chi connectivity index (χ2v) is 3.39. The summed E-state index contributed by atoms with van der Waals surface area (Å²) >= 11 is 0. The molecule has 0 bridgehead atoms. The highest BCUT2D eigenvalue weighted by Gasteiger charge is 2.20. The van der Waals surface area contributed by atoms with Crippen LogP contribution in [0.4, 0.5) is 0 Å². The van der Waals surface area contributed by atoms with Crippen LogP contribution < -0.4 is 0 Å². The number of rotatable bonds is 2. The number of aliphatic carboxylic acids is 1. The molecule has 4 nitrogen and oxygen atoms in total. The molecule has 76 valence electrons. The van der Waals surface area contributed by atoms with Gasteiger partial charge < -0.3 is 10.0 Å². The number of carboxylic acids is 1. The fraction of sp³-hybridized carbons (Fsp3) is 0.778. The molecule has 0 radical (unpaired) electrons. The molecule has 0 heterocycles. The minimum absolute atomic E-state index is 0.0185. The van der Waals surface area contributed by atoms with Gasteiger partial charge in [0.15, 0.2) is 0 Å². The lowest BCUT2D eigenvalue weighted by Crippen LogP contribution is -2.07. The first-order valence-corrected chi connectivity index (χ1v) is 4.42. The highest BCUT2D eigenvalue weighted by molar-refractivity contribution is 5.70. The summed E-state index contributed by atoms with van der Waals surface area (Å²) in [6, 6.07) is 0. The Kier molecular flexibility index (Phi) is 5.93. The third kappa shape index (κ3) is 6.13. The molecule has 0 aromatic heterocycles. The quantitative estimate of drug-likeness (QED) is 0.655. The summed E-state index contributed by atoms with van der Waals surface area (Å²) < 4.78 is 0. The topological polar surface area (TPSA) is 57.6 Å². The molecular weight excluding hydrogens is 170 g/mol. The molecule has 1 fully saturated rings. The van der Waals surface area contributed by atoms with Crippen molar-refractivity contribution in [2.45, 2.75) is 25.7 Å². The number of amides is 1. The minimum Gasteiger partial charge on any atom is -0.481 e. The van der Waals surface area contributed by atoms with E-state index in [1.54, 1.807) is 14.1 Å². The molecule has 0 aromatic rings. The fourth-order valence-electron chi connectivity index (χ4n) is 1.17. The first-order chi connectivity index (χ1) is 6.07. The Hall–Kier alpha value is -1.06. The predicted octanol–water partition coefficient (Wildman–Crippen LogP) is 0.966. The van der Waals surface area contributed by atoms with Crippen molar-refractivity contribution in [3.05, 3.63) is 0 Å². The Morgan fingerprint density at radius 3 is 1.92 bits per heavy atom. The van der Waals surface area contributed by atoms with Gasteiger partial charge in [-0.3, -0.25) is 9.59 Å². The minimum atomic E-state index is -0.609. The van der Waals surface area contributed by atoms with E-state index in [-0.39, 0.29) is 5.92 Å². The molecular formula is C9H17NO3. The Bertz CT molecular complexity index is 162. The number of hydrogen-bond acceptors (Lipinski definition) is 2. The van der Waals surface area contributed by atoms with Gasteiger partial charge >= 0.3 is 5.97 Å². The van der Waals surface area contributed by atoms with Crippen molar-refractivity contribution in [3.63, 3.8) is 0 Å². The van der Waals surface area contributed by atoms with Crippen LogP contribution in [0.25, 0.3) is 0 Å². The van der Waals surface area contributed by atoms with Crippen LogP contribution in [0.15, 0.2) is 0 Å². The van der Waals surface area contributed by atoms with Crippen LogP contribution in [-0.4, -0.2) is 36.5 Å². The highest BCUT2D eigenvalue weighted by atomic mass is 16.4. The number of hydrogen-bond donors (Lipinski definition) is 1. The van der Waals surface area contributed by atoms with E-state index >= 15 is 0 Å². The summed E-state index contributed by atoms with van der Waals surface area (Å²) in [5, 5.41) is 8.41. The molecule has 0 aliphatic heterocycles. The van der Waals surface area contributed by atoms with Gasteiger partial charge in [-0.2, -0.15) is 0 Å². The van der Waals surface area contributed by atoms with Crippen LogP contribution in [0.3, 0.4) is 0 Å². The Labute approximate surface area is 78.5 Å². The molecule has 13 heavy (non-hydrogen) atoms. The average Bonchev–Trinajstić information content (AvgIpc) is 2.57. The monoisotopic (exact) mass is 187 g/mol. The first-order valence-electron chi connectivity index (χ1n) is 4.42. The maximum atomic E-state index is 10.2. The molecule has 1 N–H and O–H groups in total. The molecule has 0 spiro atoms. The molecule has 1 amide bonds. The molecule has 0 saturated heterocycles. The van der Waals surface area contributed by atoms with E-state index in [0.717, 1.165) is 32.1 Å². The van der Waals surface area contributed by atoms with Gasteiger partial charge in [0.05, 0.1) is 5.92 Å². The van der Waals surface area contributed by atoms with Gasteiger partial charge in [0.1, 0.15) is 0 Å². The van der Waals surface area contributed by atoms with Gasteiger partial charge in [0.25, 0.3) is 0 Å². The van der Waals surface area contributed by atoms with Crippen molar-refractivity contribution < 1.29 is 14.7 Å². The lowest BCUT2D eigenvalue weighted by atomic mass is 10.1. The molecule has 1 aliphatic carbocycles. The molecule has 1 saturated carbocycles. The molecule has 0 unspecified atom stereocenters. The zero-order valence-corrected chi connectivity index (χ0v) is 8.19. The summed E-state index contributed by atoms with van der Waals surface area (Å²) in [4.78, 5) is 21.1. The van der Waals surface area contributed by atoms with Crippen LogP contribution in [-0.2, 0) is 9.59 Å². The highest BCUT2D eigenvalue weighted by Crippen LogP contribution is 2.24. The van der Waals surface area contributed by atoms with E-state index < -0.39 is 5.97 Å². The van der Waals surface area contributed by atoms with Crippen LogP contribution in [0.1, 0.15) is 25.7 Å². The van der Waals surface area contributed by atoms with Crippen molar-refractivity contribution >= 4 is 12.4 Å². The zero-order valence-electron chi connectivity index (χ0n) is 8.19. The van der Waals surface area contributed by atoms with Crippen molar-refractivity contribution in [3.8, 4) is 0 Å². The largest absolute Gasteiger partial charge is 0.481 e. The lowest BCUT2D eigenvalue weighted by Gasteiger charge is -1.97. The van der Waals surface area contributed by atoms with Gasteiger partial charge in [-0.25, -0.2) is 0 Å². The predicted molar refractivity (Wildman–Crippen MR) is 49.3 cm³/mol. The van der Waals surface area contributed by atoms with E-state index in [2.05, 4.69) is 0 Å². The Balaban J connectivity index is 0.000000252. The third-order valence-electron chi connectivity index (χ3n) is 1.92. The third-order valence-corrected chi connectivity index (χ3v) is 1.92. The molecule has 0 atom stereocenters. The number of carboxylic acid groups (broad SMARTS) is 1. The van der Waals surface area contributed by atoms with Crippen LogP contribution in [0.5, 0.6) is 0 Å². The molecule has 4 heteroatoms. The van der Waals surface area contributed by atoms with Gasteiger partial charge in [0, 0.05) is 14.1 Å². The summed E-state index contributed by atoms with van der Waals surface area (Å²) in [7, 11) is 3.38. The first kappa shape index (κ1) is 11.9. The maximum Gasteiger partial charge on any atom is 0.306 e. The smallest absolute Gasteiger partial charge is 0.306 e. The summed E-state index contributed by atoms with van der Waals surface area (Å²) in [6.45, 7) is 0. The van der Waals surface area contributed by atoms with Crippen molar-refractivity contribution in [1.29, 1.82) is 0 Å². The Morgan fingerprint density at radius 1 is 1.38 bits per heavy atom. The number of nitrogens with zero attached hydrogens (tertiary/aromatic N) is 1. The number of carbonyl (C=O) groups excluding carboxylic acids is 1. The van der Waals surface area contributed by atoms with Crippen molar-refractivity contribution in [2.24, 2.45) is 5.92 Å². The van der Waals surface area contributed by atoms with Crippen molar-refractivity contribution in [2.75, 3.05) is 14.1 Å². The normalized spacial score (nSPS) is 15.8. The zero-order chi connectivity index (χ0) is 10.3. The van der Waals surface area contributed by atoms with E-state index in [4.69, 9.17) is 5.11 Å². The second-order valence-electron chi connectivity index (χ2n) is 3.39. The number of carbonyl (C=O) groups is 2. The average molecular weight is 187 g/mol. The fourth-order valence-corrected chi connectivity index (χ4v) is 1.17. The summed E-state index contributed by atoms with van der Waals surface area (Å²) in [5.41, 5.74) is 0. The summed E-state index contributed by atoms with van der Waals surface area (Å²) in [5.74, 6) is -0.627. The molecule has 0 aromatic carbocycles. The van der Waals surface area contributed by atoms with Gasteiger partial charge in [-0.05, 0) is 12.8 Å². The second kappa shape index (κ2) is 6.46. The Morgan fingerprint density at radius 2 is 1.77 bits per heavy atom. The van der Waals surface area contributed by atoms with E-state index in [9.17, 15) is 9.59 Å². The van der Waals surface area contributed by atoms with E-state index in [0.29, 0.717) is 0 Å². The standard InChI is InChI=1S/C6H10O2.C3H7NO/c7-6(8)5-3-1-2-4-5;1-4(2)3-5/h5H,1-4H2,(H,7,8);3H,1-2H3. The molecule has 1 rings (SSSR count). The van der Waals surface area contributed by atoms with Crippen LogP contribution in [0, 0.1) is 5.92 Å². The maximum absolute atomic E-state index is 10.2. The molecule has 1 aliphatic rings. The van der Waals surface area contributed by atoms with Crippen LogP contribution in [0.2, 0.25) is 0 Å². The van der Waals surface area contributed by atoms with Gasteiger partial charge in [-0.15, -0.1) is 0 Å². The lowest BCUT2D eigenvalue weighted by molar-refractivity contribution is -0.141. The van der Waals surface area contributed by atoms with Gasteiger partial charge in [0.2, 0.25) is 6.41 Å². The SMILES string of the molecule is CN(C)C=O.O=C(O)C1CCCC1. The van der Waals surface area contributed by atoms with E-state index in [1.165, 1.54) is 4.90 Å². The summed E-state index contributed by atoms with van der Waals surface area (Å²) in [6.07, 6.45) is 4.76. The van der Waals surface area contributed by atoms with E-state index in [1.807, 2.05) is 0 Å². The van der Waals surface area contributed by atoms with Crippen LogP contribution >= 0.6 is 0 Å². The van der Waals surface area contributed by atoms with Crippen molar-refractivity contribution in [1.82, 2.24) is 4.90 Å².